The zero-order valence-electron chi connectivity index (χ0n) is 12.1. The summed E-state index contributed by atoms with van der Waals surface area (Å²) in [5.41, 5.74) is 0.964. The molecular weight excluding hydrogens is 290 g/mol. The van der Waals surface area contributed by atoms with Crippen molar-refractivity contribution in [2.75, 3.05) is 18.4 Å². The molecule has 0 aliphatic carbocycles. The number of rotatable bonds is 5. The second-order valence-corrected chi connectivity index (χ2v) is 5.27. The van der Waals surface area contributed by atoms with Crippen LogP contribution in [-0.4, -0.2) is 45.9 Å². The van der Waals surface area contributed by atoms with Crippen LogP contribution in [0.4, 0.5) is 11.4 Å². The lowest BCUT2D eigenvalue weighted by molar-refractivity contribution is -0.384. The summed E-state index contributed by atoms with van der Waals surface area (Å²) in [6.07, 6.45) is 1.26. The molecule has 22 heavy (non-hydrogen) atoms. The number of carbonyl (C=O) groups is 2. The Hall–Kier alpha value is -2.48. The van der Waals surface area contributed by atoms with Gasteiger partial charge in [-0.15, -0.1) is 0 Å². The van der Waals surface area contributed by atoms with Crippen LogP contribution in [0.5, 0.6) is 0 Å². The van der Waals surface area contributed by atoms with Gasteiger partial charge in [0, 0.05) is 12.1 Å². The Morgan fingerprint density at radius 3 is 2.86 bits per heavy atom. The van der Waals surface area contributed by atoms with Crippen LogP contribution in [0.15, 0.2) is 18.2 Å². The number of hydrogen-bond acceptors (Lipinski definition) is 5. The standard InChI is InChI=1S/C14H17N3O5/c1-9-4-5-10(17(21)22)7-11(9)15-13(18)8-16-6-2-3-12(16)14(19)20/h4-5,7,12H,2-3,6,8H2,1H3,(H,15,18)(H,19,20)/t12-/m0/s1. The summed E-state index contributed by atoms with van der Waals surface area (Å²) >= 11 is 0. The van der Waals surface area contributed by atoms with E-state index in [1.165, 1.54) is 12.1 Å². The van der Waals surface area contributed by atoms with E-state index in [4.69, 9.17) is 5.11 Å². The number of benzene rings is 1. The molecule has 8 heteroatoms. The third kappa shape index (κ3) is 3.59. The van der Waals surface area contributed by atoms with Crippen LogP contribution in [0.2, 0.25) is 0 Å². The number of amides is 1. The molecule has 1 aliphatic rings. The largest absolute Gasteiger partial charge is 0.480 e. The van der Waals surface area contributed by atoms with Crippen molar-refractivity contribution in [3.05, 3.63) is 33.9 Å². The van der Waals surface area contributed by atoms with Gasteiger partial charge in [0.25, 0.3) is 5.69 Å². The monoisotopic (exact) mass is 307 g/mol. The molecule has 1 atom stereocenters. The minimum atomic E-state index is -0.933. The van der Waals surface area contributed by atoms with Crippen LogP contribution in [-0.2, 0) is 9.59 Å². The second-order valence-electron chi connectivity index (χ2n) is 5.27. The first-order chi connectivity index (χ1) is 10.4. The zero-order chi connectivity index (χ0) is 16.3. The zero-order valence-corrected chi connectivity index (χ0v) is 12.1. The maximum Gasteiger partial charge on any atom is 0.320 e. The first kappa shape index (κ1) is 15.9. The van der Waals surface area contributed by atoms with E-state index >= 15 is 0 Å². The summed E-state index contributed by atoms with van der Waals surface area (Å²) in [6.45, 7) is 2.24. The Morgan fingerprint density at radius 1 is 1.50 bits per heavy atom. The Kier molecular flexibility index (Phi) is 4.71. The lowest BCUT2D eigenvalue weighted by Crippen LogP contribution is -2.41. The number of carbonyl (C=O) groups excluding carboxylic acids is 1. The summed E-state index contributed by atoms with van der Waals surface area (Å²) in [5, 5.41) is 22.5. The molecule has 1 aromatic rings. The van der Waals surface area contributed by atoms with E-state index in [-0.39, 0.29) is 18.1 Å². The van der Waals surface area contributed by atoms with Crippen molar-refractivity contribution in [1.29, 1.82) is 0 Å². The van der Waals surface area contributed by atoms with E-state index < -0.39 is 16.9 Å². The molecule has 1 aliphatic heterocycles. The van der Waals surface area contributed by atoms with E-state index in [1.54, 1.807) is 17.9 Å². The third-order valence-electron chi connectivity index (χ3n) is 3.70. The molecule has 0 unspecified atom stereocenters. The van der Waals surface area contributed by atoms with Crippen LogP contribution in [0, 0.1) is 17.0 Å². The van der Waals surface area contributed by atoms with Crippen LogP contribution in [0.3, 0.4) is 0 Å². The minimum absolute atomic E-state index is 0.0426. The van der Waals surface area contributed by atoms with Crippen LogP contribution in [0.1, 0.15) is 18.4 Å². The lowest BCUT2D eigenvalue weighted by atomic mass is 10.2. The van der Waals surface area contributed by atoms with Gasteiger partial charge in [-0.1, -0.05) is 6.07 Å². The number of nitro benzene ring substituents is 1. The Balaban J connectivity index is 2.04. The smallest absolute Gasteiger partial charge is 0.320 e. The summed E-state index contributed by atoms with van der Waals surface area (Å²) in [5.74, 6) is -1.31. The van der Waals surface area contributed by atoms with Gasteiger partial charge in [-0.05, 0) is 31.9 Å². The van der Waals surface area contributed by atoms with Gasteiger partial charge in [-0.3, -0.25) is 24.6 Å². The minimum Gasteiger partial charge on any atom is -0.480 e. The molecule has 1 heterocycles. The average molecular weight is 307 g/mol. The number of hydrogen-bond donors (Lipinski definition) is 2. The number of anilines is 1. The average Bonchev–Trinajstić information content (AvgIpc) is 2.89. The lowest BCUT2D eigenvalue weighted by Gasteiger charge is -2.20. The van der Waals surface area contributed by atoms with E-state index in [1.807, 2.05) is 0 Å². The van der Waals surface area contributed by atoms with Crippen molar-refractivity contribution in [3.8, 4) is 0 Å². The first-order valence-electron chi connectivity index (χ1n) is 6.90. The predicted molar refractivity (Wildman–Crippen MR) is 78.7 cm³/mol. The fourth-order valence-electron chi connectivity index (χ4n) is 2.53. The number of nitrogens with one attached hydrogen (secondary N) is 1. The number of carboxylic acid groups (broad SMARTS) is 1. The van der Waals surface area contributed by atoms with Gasteiger partial charge in [0.05, 0.1) is 17.2 Å². The fraction of sp³-hybridized carbons (Fsp3) is 0.429. The van der Waals surface area contributed by atoms with Gasteiger partial charge in [0.15, 0.2) is 0 Å². The highest BCUT2D eigenvalue weighted by Crippen LogP contribution is 2.22. The molecule has 1 aromatic carbocycles. The normalized spacial score (nSPS) is 18.1. The van der Waals surface area contributed by atoms with Gasteiger partial charge >= 0.3 is 5.97 Å². The fourth-order valence-corrected chi connectivity index (χ4v) is 2.53. The Bertz CT molecular complexity index is 616. The van der Waals surface area contributed by atoms with Crippen molar-refractivity contribution in [2.24, 2.45) is 0 Å². The summed E-state index contributed by atoms with van der Waals surface area (Å²) in [7, 11) is 0. The van der Waals surface area contributed by atoms with Crippen molar-refractivity contribution >= 4 is 23.3 Å². The van der Waals surface area contributed by atoms with E-state index in [9.17, 15) is 19.7 Å². The summed E-state index contributed by atoms with van der Waals surface area (Å²) < 4.78 is 0. The maximum atomic E-state index is 12.1. The number of aliphatic carboxylic acids is 1. The molecule has 2 rings (SSSR count). The quantitative estimate of drug-likeness (QED) is 0.628. The number of carboxylic acids is 1. The summed E-state index contributed by atoms with van der Waals surface area (Å²) in [6, 6.07) is 3.58. The second kappa shape index (κ2) is 6.52. The first-order valence-corrected chi connectivity index (χ1v) is 6.90. The van der Waals surface area contributed by atoms with Crippen molar-refractivity contribution < 1.29 is 19.6 Å². The van der Waals surface area contributed by atoms with Crippen molar-refractivity contribution in [3.63, 3.8) is 0 Å². The summed E-state index contributed by atoms with van der Waals surface area (Å²) in [4.78, 5) is 35.0. The molecule has 8 nitrogen and oxygen atoms in total. The van der Waals surface area contributed by atoms with E-state index in [0.717, 1.165) is 6.42 Å². The SMILES string of the molecule is Cc1ccc([N+](=O)[O-])cc1NC(=O)CN1CCC[C@H]1C(=O)O. The van der Waals surface area contributed by atoms with Crippen LogP contribution >= 0.6 is 0 Å². The third-order valence-corrected chi connectivity index (χ3v) is 3.70. The molecule has 118 valence electrons. The highest BCUT2D eigenvalue weighted by Gasteiger charge is 2.31. The van der Waals surface area contributed by atoms with Gasteiger partial charge < -0.3 is 10.4 Å². The van der Waals surface area contributed by atoms with E-state index in [0.29, 0.717) is 24.2 Å². The van der Waals surface area contributed by atoms with Gasteiger partial charge in [-0.2, -0.15) is 0 Å². The molecule has 0 spiro atoms. The topological polar surface area (TPSA) is 113 Å². The van der Waals surface area contributed by atoms with Crippen LogP contribution in [0.25, 0.3) is 0 Å². The van der Waals surface area contributed by atoms with Gasteiger partial charge in [-0.25, -0.2) is 0 Å². The number of nitrogens with zero attached hydrogens (tertiary/aromatic N) is 2. The number of non-ortho nitro benzene ring substituents is 1. The highest BCUT2D eigenvalue weighted by atomic mass is 16.6. The molecule has 2 N–H and O–H groups in total. The molecule has 0 bridgehead atoms. The highest BCUT2D eigenvalue weighted by molar-refractivity contribution is 5.93. The van der Waals surface area contributed by atoms with Gasteiger partial charge in [0.2, 0.25) is 5.91 Å². The number of nitro groups is 1. The number of aryl methyl sites for hydroxylation is 1. The molecular formula is C14H17N3O5. The van der Waals surface area contributed by atoms with Gasteiger partial charge in [0.1, 0.15) is 6.04 Å². The Morgan fingerprint density at radius 2 is 2.23 bits per heavy atom. The molecule has 0 saturated carbocycles. The molecule has 0 aromatic heterocycles. The van der Waals surface area contributed by atoms with Crippen LogP contribution < -0.4 is 5.32 Å². The van der Waals surface area contributed by atoms with E-state index in [2.05, 4.69) is 5.32 Å². The maximum absolute atomic E-state index is 12.1. The van der Waals surface area contributed by atoms with Crippen molar-refractivity contribution in [1.82, 2.24) is 4.90 Å². The number of likely N-dealkylation sites (tertiary alicyclic amines) is 1. The Labute approximate surface area is 126 Å². The van der Waals surface area contributed by atoms with Crippen molar-refractivity contribution in [2.45, 2.75) is 25.8 Å². The molecule has 1 saturated heterocycles. The predicted octanol–water partition coefficient (Wildman–Crippen LogP) is 1.39. The molecule has 1 fully saturated rings. The molecule has 1 amide bonds. The molecule has 0 radical (unpaired) electrons.